The van der Waals surface area contributed by atoms with Crippen molar-refractivity contribution < 1.29 is 22.7 Å². The third kappa shape index (κ3) is 6.78. The van der Waals surface area contributed by atoms with Crippen LogP contribution in [0.3, 0.4) is 0 Å². The van der Waals surface area contributed by atoms with E-state index in [2.05, 4.69) is 0 Å². The van der Waals surface area contributed by atoms with Crippen LogP contribution in [0.2, 0.25) is 0 Å². The molecule has 1 aromatic carbocycles. The highest BCUT2D eigenvalue weighted by molar-refractivity contribution is 5.77. The maximum Gasteiger partial charge on any atom is 0.391 e. The Hall–Kier alpha value is -1.60. The zero-order chi connectivity index (χ0) is 14.3. The molecule has 0 saturated carbocycles. The smallest absolute Gasteiger partial charge is 0.376 e. The lowest BCUT2D eigenvalue weighted by atomic mass is 10.1. The Kier molecular flexibility index (Phi) is 5.78. The van der Waals surface area contributed by atoms with E-state index in [0.29, 0.717) is 0 Å². The molecular formula is C12H15F3N2O2. The summed E-state index contributed by atoms with van der Waals surface area (Å²) in [6.45, 7) is -0.250. The van der Waals surface area contributed by atoms with E-state index in [1.165, 1.54) is 0 Å². The predicted octanol–water partition coefficient (Wildman–Crippen LogP) is 1.69. The van der Waals surface area contributed by atoms with Crippen LogP contribution >= 0.6 is 0 Å². The third-order valence-corrected chi connectivity index (χ3v) is 2.35. The molecule has 0 atom stereocenters. The Morgan fingerprint density at radius 3 is 2.32 bits per heavy atom. The summed E-state index contributed by atoms with van der Waals surface area (Å²) in [5.41, 5.74) is 3.53. The van der Waals surface area contributed by atoms with Crippen molar-refractivity contribution in [3.05, 3.63) is 35.4 Å². The number of carbonyl (C=O) groups is 1. The number of benzene rings is 1. The van der Waals surface area contributed by atoms with Crippen molar-refractivity contribution in [2.45, 2.75) is 25.6 Å². The first-order valence-electron chi connectivity index (χ1n) is 5.62. The highest BCUT2D eigenvalue weighted by Crippen LogP contribution is 2.19. The monoisotopic (exact) mass is 276 g/mol. The molecule has 0 spiro atoms. The van der Waals surface area contributed by atoms with Gasteiger partial charge in [-0.3, -0.25) is 10.2 Å². The zero-order valence-electron chi connectivity index (χ0n) is 10.2. The molecule has 0 saturated heterocycles. The average Bonchev–Trinajstić information content (AvgIpc) is 2.35. The molecular weight excluding hydrogens is 261 g/mol. The quantitative estimate of drug-likeness (QED) is 0.360. The minimum absolute atomic E-state index is 0.111. The summed E-state index contributed by atoms with van der Waals surface area (Å²) in [6, 6.07) is 6.81. The summed E-state index contributed by atoms with van der Waals surface area (Å²) in [5, 5.41) is 0. The van der Waals surface area contributed by atoms with Gasteiger partial charge in [-0.2, -0.15) is 13.2 Å². The van der Waals surface area contributed by atoms with Crippen molar-refractivity contribution in [3.63, 3.8) is 0 Å². The van der Waals surface area contributed by atoms with Crippen LogP contribution in [0.5, 0.6) is 0 Å². The fraction of sp³-hybridized carbons (Fsp3) is 0.417. The van der Waals surface area contributed by atoms with Gasteiger partial charge < -0.3 is 4.74 Å². The van der Waals surface area contributed by atoms with E-state index in [4.69, 9.17) is 10.6 Å². The normalized spacial score (nSPS) is 11.4. The molecule has 1 rings (SSSR count). The van der Waals surface area contributed by atoms with Gasteiger partial charge in [0, 0.05) is 0 Å². The molecule has 7 heteroatoms. The number of carbonyl (C=O) groups excluding carboxylic acids is 1. The van der Waals surface area contributed by atoms with Gasteiger partial charge in [-0.25, -0.2) is 5.84 Å². The van der Waals surface area contributed by atoms with Gasteiger partial charge in [-0.1, -0.05) is 24.3 Å². The number of hydrazine groups is 1. The second-order valence-corrected chi connectivity index (χ2v) is 3.98. The molecule has 0 aliphatic heterocycles. The number of rotatable bonds is 6. The number of alkyl halides is 3. The van der Waals surface area contributed by atoms with Crippen LogP contribution in [0.4, 0.5) is 13.2 Å². The zero-order valence-corrected chi connectivity index (χ0v) is 10.2. The number of ether oxygens (including phenoxy) is 1. The van der Waals surface area contributed by atoms with E-state index < -0.39 is 12.6 Å². The van der Waals surface area contributed by atoms with Gasteiger partial charge in [0.15, 0.2) is 0 Å². The Morgan fingerprint density at radius 1 is 1.21 bits per heavy atom. The number of hydrogen-bond donors (Lipinski definition) is 2. The summed E-state index contributed by atoms with van der Waals surface area (Å²) in [5.74, 6) is 4.64. The molecule has 0 fully saturated rings. The number of nitrogens with one attached hydrogen (secondary N) is 1. The van der Waals surface area contributed by atoms with Crippen LogP contribution in [0.15, 0.2) is 24.3 Å². The maximum absolute atomic E-state index is 11.9. The summed E-state index contributed by atoms with van der Waals surface area (Å²) in [4.78, 5) is 11.0. The minimum Gasteiger partial charge on any atom is -0.376 e. The first kappa shape index (κ1) is 15.5. The summed E-state index contributed by atoms with van der Waals surface area (Å²) < 4.78 is 40.5. The highest BCUT2D eigenvalue weighted by atomic mass is 19.4. The Bertz CT molecular complexity index is 404. The molecule has 19 heavy (non-hydrogen) atoms. The van der Waals surface area contributed by atoms with Crippen molar-refractivity contribution >= 4 is 5.91 Å². The van der Waals surface area contributed by atoms with E-state index in [9.17, 15) is 18.0 Å². The fourth-order valence-electron chi connectivity index (χ4n) is 1.37. The SMILES string of the molecule is NNC(=O)Cc1ccc(COCCC(F)(F)F)cc1. The summed E-state index contributed by atoms with van der Waals surface area (Å²) >= 11 is 0. The van der Waals surface area contributed by atoms with Crippen molar-refractivity contribution in [1.29, 1.82) is 0 Å². The molecule has 106 valence electrons. The van der Waals surface area contributed by atoms with Gasteiger partial charge >= 0.3 is 6.18 Å². The van der Waals surface area contributed by atoms with Gasteiger partial charge in [0.2, 0.25) is 5.91 Å². The molecule has 4 nitrogen and oxygen atoms in total. The molecule has 0 bridgehead atoms. The third-order valence-electron chi connectivity index (χ3n) is 2.35. The molecule has 0 aliphatic rings. The molecule has 1 amide bonds. The van der Waals surface area contributed by atoms with Crippen LogP contribution in [-0.2, 0) is 22.6 Å². The molecule has 0 aliphatic carbocycles. The van der Waals surface area contributed by atoms with Gasteiger partial charge in [0.1, 0.15) is 0 Å². The van der Waals surface area contributed by atoms with E-state index in [0.717, 1.165) is 11.1 Å². The van der Waals surface area contributed by atoms with E-state index in [1.807, 2.05) is 5.43 Å². The van der Waals surface area contributed by atoms with Crippen LogP contribution in [-0.4, -0.2) is 18.7 Å². The van der Waals surface area contributed by atoms with Crippen molar-refractivity contribution in [1.82, 2.24) is 5.43 Å². The van der Waals surface area contributed by atoms with Gasteiger partial charge in [0.05, 0.1) is 26.1 Å². The second kappa shape index (κ2) is 7.10. The van der Waals surface area contributed by atoms with E-state index >= 15 is 0 Å². The lowest BCUT2D eigenvalue weighted by Crippen LogP contribution is -2.31. The van der Waals surface area contributed by atoms with Crippen LogP contribution in [0, 0.1) is 0 Å². The largest absolute Gasteiger partial charge is 0.391 e. The number of nitrogens with two attached hydrogens (primary N) is 1. The summed E-state index contributed by atoms with van der Waals surface area (Å²) in [6.07, 6.45) is -4.99. The topological polar surface area (TPSA) is 64.3 Å². The Morgan fingerprint density at radius 2 is 1.79 bits per heavy atom. The number of hydrogen-bond acceptors (Lipinski definition) is 3. The predicted molar refractivity (Wildman–Crippen MR) is 62.8 cm³/mol. The van der Waals surface area contributed by atoms with Gasteiger partial charge in [0.25, 0.3) is 0 Å². The first-order valence-corrected chi connectivity index (χ1v) is 5.62. The maximum atomic E-state index is 11.9. The fourth-order valence-corrected chi connectivity index (χ4v) is 1.37. The summed E-state index contributed by atoms with van der Waals surface area (Å²) in [7, 11) is 0. The van der Waals surface area contributed by atoms with Gasteiger partial charge in [-0.15, -0.1) is 0 Å². The van der Waals surface area contributed by atoms with Crippen LogP contribution in [0.25, 0.3) is 0 Å². The molecule has 0 aromatic heterocycles. The molecule has 1 aromatic rings. The highest BCUT2D eigenvalue weighted by Gasteiger charge is 2.26. The second-order valence-electron chi connectivity index (χ2n) is 3.98. The molecule has 3 N–H and O–H groups in total. The van der Waals surface area contributed by atoms with Crippen molar-refractivity contribution in [2.24, 2.45) is 5.84 Å². The van der Waals surface area contributed by atoms with Crippen LogP contribution in [0.1, 0.15) is 17.5 Å². The van der Waals surface area contributed by atoms with Crippen molar-refractivity contribution in [2.75, 3.05) is 6.61 Å². The number of amides is 1. The lowest BCUT2D eigenvalue weighted by molar-refractivity contribution is -0.146. The van der Waals surface area contributed by atoms with E-state index in [-0.39, 0.29) is 25.5 Å². The number of halogens is 3. The van der Waals surface area contributed by atoms with Crippen molar-refractivity contribution in [3.8, 4) is 0 Å². The average molecular weight is 276 g/mol. The van der Waals surface area contributed by atoms with Gasteiger partial charge in [-0.05, 0) is 11.1 Å². The molecule has 0 radical (unpaired) electrons. The lowest BCUT2D eigenvalue weighted by Gasteiger charge is -2.07. The van der Waals surface area contributed by atoms with Crippen LogP contribution < -0.4 is 11.3 Å². The molecule has 0 heterocycles. The Balaban J connectivity index is 2.34. The first-order chi connectivity index (χ1) is 8.90. The minimum atomic E-state index is -4.19. The molecule has 0 unspecified atom stereocenters. The van der Waals surface area contributed by atoms with E-state index in [1.54, 1.807) is 24.3 Å². The standard InChI is InChI=1S/C12H15F3N2O2/c13-12(14,15)5-6-19-8-10-3-1-9(2-4-10)7-11(18)17-16/h1-4H,5-8,16H2,(H,17,18). The Labute approximate surface area is 108 Å².